The average molecular weight is 311 g/mol. The second-order valence-corrected chi connectivity index (χ2v) is 6.85. The highest BCUT2D eigenvalue weighted by Gasteiger charge is 2.24. The molecule has 23 heavy (non-hydrogen) atoms. The second kappa shape index (κ2) is 8.35. The molecular formula is C21H29NO. The van der Waals surface area contributed by atoms with Crippen LogP contribution in [0, 0.1) is 5.92 Å². The zero-order valence-electron chi connectivity index (χ0n) is 14.3. The number of likely N-dealkylation sites (N-methyl/N-ethyl adjacent to an activating group) is 1. The topological polar surface area (TPSA) is 12.5 Å². The number of nitrogens with zero attached hydrogens (tertiary/aromatic N) is 1. The molecule has 1 aromatic carbocycles. The van der Waals surface area contributed by atoms with Crippen molar-refractivity contribution < 1.29 is 4.74 Å². The predicted molar refractivity (Wildman–Crippen MR) is 96.8 cm³/mol. The van der Waals surface area contributed by atoms with Gasteiger partial charge in [0.15, 0.2) is 0 Å². The van der Waals surface area contributed by atoms with Crippen molar-refractivity contribution >= 4 is 0 Å². The van der Waals surface area contributed by atoms with E-state index < -0.39 is 0 Å². The Morgan fingerprint density at radius 1 is 1.09 bits per heavy atom. The Balaban J connectivity index is 1.31. The van der Waals surface area contributed by atoms with E-state index in [1.807, 2.05) is 30.3 Å². The molecule has 2 nitrogen and oxygen atoms in total. The molecule has 0 radical (unpaired) electrons. The van der Waals surface area contributed by atoms with E-state index in [1.165, 1.54) is 45.1 Å². The SMILES string of the molecule is CN(CCCC1CCC2=C1CC=CC2)CCOc1ccccc1. The highest BCUT2D eigenvalue weighted by atomic mass is 16.5. The first-order valence-corrected chi connectivity index (χ1v) is 9.05. The largest absolute Gasteiger partial charge is 0.492 e. The van der Waals surface area contributed by atoms with Gasteiger partial charge in [-0.25, -0.2) is 0 Å². The van der Waals surface area contributed by atoms with Gasteiger partial charge in [0.25, 0.3) is 0 Å². The van der Waals surface area contributed by atoms with E-state index >= 15 is 0 Å². The van der Waals surface area contributed by atoms with Crippen molar-refractivity contribution in [2.45, 2.75) is 38.5 Å². The fourth-order valence-corrected chi connectivity index (χ4v) is 3.83. The van der Waals surface area contributed by atoms with Crippen LogP contribution in [0.4, 0.5) is 0 Å². The highest BCUT2D eigenvalue weighted by Crippen LogP contribution is 2.40. The fourth-order valence-electron chi connectivity index (χ4n) is 3.83. The average Bonchev–Trinajstić information content (AvgIpc) is 2.99. The van der Waals surface area contributed by atoms with Crippen LogP contribution in [0.1, 0.15) is 38.5 Å². The Morgan fingerprint density at radius 2 is 1.91 bits per heavy atom. The lowest BCUT2D eigenvalue weighted by Crippen LogP contribution is -2.25. The molecule has 124 valence electrons. The molecule has 2 heteroatoms. The molecular weight excluding hydrogens is 282 g/mol. The predicted octanol–water partition coefficient (Wildman–Crippen LogP) is 4.83. The van der Waals surface area contributed by atoms with Gasteiger partial charge in [-0.1, -0.05) is 41.5 Å². The van der Waals surface area contributed by atoms with Gasteiger partial charge in [0.1, 0.15) is 12.4 Å². The standard InChI is InChI=1S/C21H29NO/c1-22(16-17-23-20-10-3-2-4-11-20)15-7-9-19-14-13-18-8-5-6-12-21(18)19/h2-6,10-11,19H,7-9,12-17H2,1H3. The maximum Gasteiger partial charge on any atom is 0.119 e. The van der Waals surface area contributed by atoms with Crippen molar-refractivity contribution in [1.82, 2.24) is 4.90 Å². The first-order valence-electron chi connectivity index (χ1n) is 9.05. The monoisotopic (exact) mass is 311 g/mol. The molecule has 3 rings (SSSR count). The molecule has 0 heterocycles. The van der Waals surface area contributed by atoms with Crippen LogP contribution in [0.5, 0.6) is 5.75 Å². The molecule has 0 bridgehead atoms. The lowest BCUT2D eigenvalue weighted by molar-refractivity contribution is 0.232. The first kappa shape index (κ1) is 16.3. The number of allylic oxidation sites excluding steroid dienone is 4. The Bertz CT molecular complexity index is 546. The van der Waals surface area contributed by atoms with Gasteiger partial charge in [-0.05, 0) is 70.2 Å². The first-order chi connectivity index (χ1) is 11.3. The van der Waals surface area contributed by atoms with Crippen LogP contribution in [0.15, 0.2) is 53.6 Å². The second-order valence-electron chi connectivity index (χ2n) is 6.85. The number of para-hydroxylation sites is 1. The number of hydrogen-bond acceptors (Lipinski definition) is 2. The van der Waals surface area contributed by atoms with Crippen molar-refractivity contribution in [3.63, 3.8) is 0 Å². The highest BCUT2D eigenvalue weighted by molar-refractivity contribution is 5.30. The summed E-state index contributed by atoms with van der Waals surface area (Å²) in [4.78, 5) is 2.40. The molecule has 0 saturated heterocycles. The van der Waals surface area contributed by atoms with Crippen molar-refractivity contribution in [3.8, 4) is 5.75 Å². The van der Waals surface area contributed by atoms with Crippen LogP contribution in [0.2, 0.25) is 0 Å². The molecule has 0 aliphatic heterocycles. The van der Waals surface area contributed by atoms with Crippen LogP contribution < -0.4 is 4.74 Å². The molecule has 0 saturated carbocycles. The van der Waals surface area contributed by atoms with Crippen LogP contribution >= 0.6 is 0 Å². The third kappa shape index (κ3) is 4.71. The molecule has 0 aromatic heterocycles. The molecule has 0 N–H and O–H groups in total. The van der Waals surface area contributed by atoms with Crippen molar-refractivity contribution in [2.24, 2.45) is 5.92 Å². The summed E-state index contributed by atoms with van der Waals surface area (Å²) in [5.74, 6) is 1.83. The van der Waals surface area contributed by atoms with Gasteiger partial charge >= 0.3 is 0 Å². The Morgan fingerprint density at radius 3 is 2.78 bits per heavy atom. The summed E-state index contributed by atoms with van der Waals surface area (Å²) in [6, 6.07) is 10.1. The zero-order valence-corrected chi connectivity index (χ0v) is 14.3. The van der Waals surface area contributed by atoms with Crippen molar-refractivity contribution in [1.29, 1.82) is 0 Å². The molecule has 1 aromatic rings. The van der Waals surface area contributed by atoms with Gasteiger partial charge in [0, 0.05) is 6.54 Å². The number of benzene rings is 1. The van der Waals surface area contributed by atoms with Crippen LogP contribution in [0.25, 0.3) is 0 Å². The van der Waals surface area contributed by atoms with Gasteiger partial charge in [-0.3, -0.25) is 0 Å². The lowest BCUT2D eigenvalue weighted by atomic mass is 9.90. The Kier molecular flexibility index (Phi) is 5.93. The summed E-state index contributed by atoms with van der Waals surface area (Å²) in [7, 11) is 2.21. The van der Waals surface area contributed by atoms with Gasteiger partial charge in [-0.2, -0.15) is 0 Å². The van der Waals surface area contributed by atoms with Crippen molar-refractivity contribution in [2.75, 3.05) is 26.7 Å². The van der Waals surface area contributed by atoms with Crippen LogP contribution in [-0.4, -0.2) is 31.6 Å². The summed E-state index contributed by atoms with van der Waals surface area (Å²) >= 11 is 0. The molecule has 1 unspecified atom stereocenters. The number of ether oxygens (including phenoxy) is 1. The van der Waals surface area contributed by atoms with Gasteiger partial charge in [0.05, 0.1) is 0 Å². The summed E-state index contributed by atoms with van der Waals surface area (Å²) < 4.78 is 5.77. The maximum atomic E-state index is 5.77. The molecule has 0 spiro atoms. The van der Waals surface area contributed by atoms with E-state index in [1.54, 1.807) is 11.1 Å². The van der Waals surface area contributed by atoms with E-state index in [0.29, 0.717) is 0 Å². The maximum absolute atomic E-state index is 5.77. The normalized spacial score (nSPS) is 20.2. The molecule has 0 amide bonds. The minimum atomic E-state index is 0.768. The summed E-state index contributed by atoms with van der Waals surface area (Å²) in [6.45, 7) is 2.94. The zero-order chi connectivity index (χ0) is 15.9. The number of hydrogen-bond donors (Lipinski definition) is 0. The van der Waals surface area contributed by atoms with Crippen LogP contribution in [0.3, 0.4) is 0 Å². The molecule has 2 aliphatic carbocycles. The molecule has 1 atom stereocenters. The minimum absolute atomic E-state index is 0.768. The van der Waals surface area contributed by atoms with E-state index in [9.17, 15) is 0 Å². The third-order valence-corrected chi connectivity index (χ3v) is 5.19. The van der Waals surface area contributed by atoms with Crippen LogP contribution in [-0.2, 0) is 0 Å². The van der Waals surface area contributed by atoms with E-state index in [-0.39, 0.29) is 0 Å². The quantitative estimate of drug-likeness (QED) is 0.637. The smallest absolute Gasteiger partial charge is 0.119 e. The molecule has 2 aliphatic rings. The van der Waals surface area contributed by atoms with Gasteiger partial charge in [0.2, 0.25) is 0 Å². The van der Waals surface area contributed by atoms with E-state index in [4.69, 9.17) is 4.74 Å². The molecule has 0 fully saturated rings. The third-order valence-electron chi connectivity index (χ3n) is 5.19. The summed E-state index contributed by atoms with van der Waals surface area (Å²) in [5, 5.41) is 0. The number of rotatable bonds is 8. The minimum Gasteiger partial charge on any atom is -0.492 e. The summed E-state index contributed by atoms with van der Waals surface area (Å²) in [6.07, 6.45) is 12.6. The van der Waals surface area contributed by atoms with E-state index in [2.05, 4.69) is 24.1 Å². The van der Waals surface area contributed by atoms with Gasteiger partial charge < -0.3 is 9.64 Å². The van der Waals surface area contributed by atoms with E-state index in [0.717, 1.165) is 24.8 Å². The van der Waals surface area contributed by atoms with Crippen molar-refractivity contribution in [3.05, 3.63) is 53.6 Å². The summed E-state index contributed by atoms with van der Waals surface area (Å²) in [5.41, 5.74) is 3.53. The Hall–Kier alpha value is -1.54. The fraction of sp³-hybridized carbons (Fsp3) is 0.524. The Labute approximate surface area is 140 Å². The van der Waals surface area contributed by atoms with Gasteiger partial charge in [-0.15, -0.1) is 0 Å². The lowest BCUT2D eigenvalue weighted by Gasteiger charge is -2.20.